The van der Waals surface area contributed by atoms with E-state index in [0.29, 0.717) is 11.5 Å². The van der Waals surface area contributed by atoms with Gasteiger partial charge in [-0.15, -0.1) is 11.3 Å². The summed E-state index contributed by atoms with van der Waals surface area (Å²) in [5.74, 6) is 1.41. The molecule has 0 bridgehead atoms. The Morgan fingerprint density at radius 3 is 2.68 bits per heavy atom. The van der Waals surface area contributed by atoms with Crippen molar-refractivity contribution in [3.05, 3.63) is 29.3 Å². The number of hydrogen-bond donors (Lipinski definition) is 1. The fraction of sp³-hybridized carbons (Fsp3) is 0.357. The molecule has 0 unspecified atom stereocenters. The molecule has 0 aliphatic carbocycles. The monoisotopic (exact) mass is 279 g/mol. The summed E-state index contributed by atoms with van der Waals surface area (Å²) in [4.78, 5) is 4.56. The first-order valence-electron chi connectivity index (χ1n) is 6.06. The molecule has 1 aromatic carbocycles. The molecule has 0 saturated heterocycles. The highest BCUT2D eigenvalue weighted by Crippen LogP contribution is 2.33. The maximum atomic E-state index is 8.82. The Bertz CT molecular complexity index is 539. The standard InChI is InChI=1S/C14H17NO3S/c1-17-12-6-5-10(8-13(12)18-2)14-15-11(9-19-14)4-3-7-16/h5-6,8-9,16H,3-4,7H2,1-2H3. The molecule has 0 radical (unpaired) electrons. The fourth-order valence-electron chi connectivity index (χ4n) is 1.78. The normalized spacial score (nSPS) is 10.5. The number of benzene rings is 1. The van der Waals surface area contributed by atoms with Gasteiger partial charge in [-0.05, 0) is 31.0 Å². The number of hydrogen-bond acceptors (Lipinski definition) is 5. The molecule has 19 heavy (non-hydrogen) atoms. The van der Waals surface area contributed by atoms with Crippen molar-refractivity contribution in [3.8, 4) is 22.1 Å². The van der Waals surface area contributed by atoms with Crippen LogP contribution in [0.25, 0.3) is 10.6 Å². The summed E-state index contributed by atoms with van der Waals surface area (Å²) in [5.41, 5.74) is 2.03. The first-order chi connectivity index (χ1) is 9.28. The highest BCUT2D eigenvalue weighted by Gasteiger charge is 2.09. The molecule has 0 spiro atoms. The lowest BCUT2D eigenvalue weighted by atomic mass is 10.2. The van der Waals surface area contributed by atoms with Crippen LogP contribution in [0, 0.1) is 0 Å². The van der Waals surface area contributed by atoms with Crippen LogP contribution in [0.15, 0.2) is 23.6 Å². The van der Waals surface area contributed by atoms with E-state index in [1.807, 2.05) is 23.6 Å². The zero-order valence-electron chi connectivity index (χ0n) is 11.0. The quantitative estimate of drug-likeness (QED) is 0.883. The van der Waals surface area contributed by atoms with Crippen molar-refractivity contribution in [1.29, 1.82) is 0 Å². The molecule has 0 saturated carbocycles. The minimum absolute atomic E-state index is 0.198. The maximum Gasteiger partial charge on any atom is 0.161 e. The van der Waals surface area contributed by atoms with Crippen molar-refractivity contribution in [1.82, 2.24) is 4.98 Å². The molecular weight excluding hydrogens is 262 g/mol. The van der Waals surface area contributed by atoms with E-state index >= 15 is 0 Å². The molecular formula is C14H17NO3S. The number of aliphatic hydroxyl groups is 1. The Morgan fingerprint density at radius 1 is 1.21 bits per heavy atom. The summed E-state index contributed by atoms with van der Waals surface area (Å²) in [5, 5.41) is 11.8. The van der Waals surface area contributed by atoms with Crippen molar-refractivity contribution in [2.45, 2.75) is 12.8 Å². The molecule has 1 aromatic heterocycles. The third-order valence-corrected chi connectivity index (χ3v) is 3.71. The van der Waals surface area contributed by atoms with E-state index in [-0.39, 0.29) is 6.61 Å². The molecule has 0 aliphatic rings. The van der Waals surface area contributed by atoms with Gasteiger partial charge in [-0.2, -0.15) is 0 Å². The van der Waals surface area contributed by atoms with E-state index in [2.05, 4.69) is 4.98 Å². The molecule has 2 rings (SSSR count). The van der Waals surface area contributed by atoms with Crippen LogP contribution in [0.4, 0.5) is 0 Å². The maximum absolute atomic E-state index is 8.82. The van der Waals surface area contributed by atoms with Crippen LogP contribution < -0.4 is 9.47 Å². The summed E-state index contributed by atoms with van der Waals surface area (Å²) in [6.45, 7) is 0.198. The third-order valence-electron chi connectivity index (χ3n) is 2.77. The lowest BCUT2D eigenvalue weighted by molar-refractivity contribution is 0.288. The summed E-state index contributed by atoms with van der Waals surface area (Å²) >= 11 is 1.60. The predicted molar refractivity (Wildman–Crippen MR) is 76.1 cm³/mol. The van der Waals surface area contributed by atoms with Crippen molar-refractivity contribution in [2.75, 3.05) is 20.8 Å². The average Bonchev–Trinajstić information content (AvgIpc) is 2.93. The summed E-state index contributed by atoms with van der Waals surface area (Å²) in [7, 11) is 3.24. The molecule has 0 atom stereocenters. The number of aliphatic hydroxyl groups excluding tert-OH is 1. The average molecular weight is 279 g/mol. The van der Waals surface area contributed by atoms with Gasteiger partial charge in [0.1, 0.15) is 5.01 Å². The first-order valence-corrected chi connectivity index (χ1v) is 6.94. The second-order valence-electron chi connectivity index (χ2n) is 4.04. The molecule has 4 nitrogen and oxygen atoms in total. The minimum Gasteiger partial charge on any atom is -0.493 e. The van der Waals surface area contributed by atoms with Gasteiger partial charge in [0.25, 0.3) is 0 Å². The lowest BCUT2D eigenvalue weighted by Crippen LogP contribution is -1.91. The Morgan fingerprint density at radius 2 is 2.00 bits per heavy atom. The predicted octanol–water partition coefficient (Wildman–Crippen LogP) is 2.75. The largest absolute Gasteiger partial charge is 0.493 e. The van der Waals surface area contributed by atoms with Crippen molar-refractivity contribution < 1.29 is 14.6 Å². The Balaban J connectivity index is 2.23. The Kier molecular flexibility index (Phi) is 4.76. The highest BCUT2D eigenvalue weighted by atomic mass is 32.1. The van der Waals surface area contributed by atoms with E-state index < -0.39 is 0 Å². The second-order valence-corrected chi connectivity index (χ2v) is 4.90. The van der Waals surface area contributed by atoms with E-state index in [1.54, 1.807) is 25.6 Å². The van der Waals surface area contributed by atoms with Crippen molar-refractivity contribution >= 4 is 11.3 Å². The third kappa shape index (κ3) is 3.24. The lowest BCUT2D eigenvalue weighted by Gasteiger charge is -2.08. The molecule has 5 heteroatoms. The number of ether oxygens (including phenoxy) is 2. The van der Waals surface area contributed by atoms with Crippen LogP contribution in [0.5, 0.6) is 11.5 Å². The van der Waals surface area contributed by atoms with Crippen LogP contribution >= 0.6 is 11.3 Å². The van der Waals surface area contributed by atoms with Gasteiger partial charge in [-0.3, -0.25) is 0 Å². The fourth-order valence-corrected chi connectivity index (χ4v) is 2.64. The first kappa shape index (κ1) is 13.8. The molecule has 0 aliphatic heterocycles. The molecule has 2 aromatic rings. The molecule has 102 valence electrons. The van der Waals surface area contributed by atoms with Gasteiger partial charge in [-0.1, -0.05) is 0 Å². The Labute approximate surface area is 116 Å². The van der Waals surface area contributed by atoms with Gasteiger partial charge in [0.05, 0.1) is 19.9 Å². The van der Waals surface area contributed by atoms with Crippen LogP contribution in [-0.2, 0) is 6.42 Å². The number of aromatic nitrogens is 1. The van der Waals surface area contributed by atoms with Crippen LogP contribution in [-0.4, -0.2) is 30.9 Å². The number of thiazole rings is 1. The van der Waals surface area contributed by atoms with E-state index in [0.717, 1.165) is 29.1 Å². The molecule has 1 heterocycles. The smallest absolute Gasteiger partial charge is 0.161 e. The number of nitrogens with zero attached hydrogens (tertiary/aromatic N) is 1. The van der Waals surface area contributed by atoms with E-state index in [1.165, 1.54) is 0 Å². The summed E-state index contributed by atoms with van der Waals surface area (Å²) < 4.78 is 10.5. The van der Waals surface area contributed by atoms with Crippen LogP contribution in [0.3, 0.4) is 0 Å². The highest BCUT2D eigenvalue weighted by molar-refractivity contribution is 7.13. The second kappa shape index (κ2) is 6.54. The van der Waals surface area contributed by atoms with Crippen LogP contribution in [0.1, 0.15) is 12.1 Å². The van der Waals surface area contributed by atoms with Gasteiger partial charge in [0.15, 0.2) is 11.5 Å². The van der Waals surface area contributed by atoms with Crippen molar-refractivity contribution in [2.24, 2.45) is 0 Å². The van der Waals surface area contributed by atoms with E-state index in [4.69, 9.17) is 14.6 Å². The molecule has 0 amide bonds. The van der Waals surface area contributed by atoms with Gasteiger partial charge in [-0.25, -0.2) is 4.98 Å². The summed E-state index contributed by atoms with van der Waals surface area (Å²) in [6, 6.07) is 5.77. The topological polar surface area (TPSA) is 51.6 Å². The molecule has 0 fully saturated rings. The molecule has 1 N–H and O–H groups in total. The van der Waals surface area contributed by atoms with Crippen LogP contribution in [0.2, 0.25) is 0 Å². The van der Waals surface area contributed by atoms with E-state index in [9.17, 15) is 0 Å². The zero-order chi connectivity index (χ0) is 13.7. The number of rotatable bonds is 6. The SMILES string of the molecule is COc1ccc(-c2nc(CCCO)cs2)cc1OC. The minimum atomic E-state index is 0.198. The zero-order valence-corrected chi connectivity index (χ0v) is 11.9. The van der Waals surface area contributed by atoms with Gasteiger partial charge in [0.2, 0.25) is 0 Å². The van der Waals surface area contributed by atoms with Gasteiger partial charge < -0.3 is 14.6 Å². The summed E-state index contributed by atoms with van der Waals surface area (Å²) in [6.07, 6.45) is 1.55. The van der Waals surface area contributed by atoms with Gasteiger partial charge in [0, 0.05) is 17.6 Å². The number of methoxy groups -OCH3 is 2. The van der Waals surface area contributed by atoms with Gasteiger partial charge >= 0.3 is 0 Å². The van der Waals surface area contributed by atoms with Crippen molar-refractivity contribution in [3.63, 3.8) is 0 Å². The Hall–Kier alpha value is -1.59. The number of aryl methyl sites for hydroxylation is 1.